The van der Waals surface area contributed by atoms with E-state index < -0.39 is 11.6 Å². The van der Waals surface area contributed by atoms with Crippen LogP contribution in [0.4, 0.5) is 0 Å². The predicted octanol–water partition coefficient (Wildman–Crippen LogP) is 1.37. The first kappa shape index (κ1) is 9.34. The normalized spacial score (nSPS) is 39.5. The van der Waals surface area contributed by atoms with Crippen molar-refractivity contribution in [3.8, 4) is 0 Å². The van der Waals surface area contributed by atoms with Crippen LogP contribution in [-0.2, 0) is 9.53 Å². The molecule has 2 rings (SSSR count). The van der Waals surface area contributed by atoms with Gasteiger partial charge >= 0.3 is 5.97 Å². The van der Waals surface area contributed by atoms with Gasteiger partial charge in [0.25, 0.3) is 0 Å². The van der Waals surface area contributed by atoms with Gasteiger partial charge in [0.05, 0.1) is 0 Å². The number of carboxylic acids is 1. The summed E-state index contributed by atoms with van der Waals surface area (Å²) in [6.07, 6.45) is 2.60. The molecule has 2 aliphatic rings. The van der Waals surface area contributed by atoms with E-state index >= 15 is 0 Å². The molecular formula is C9H14O3S. The van der Waals surface area contributed by atoms with Crippen molar-refractivity contribution in [3.63, 3.8) is 0 Å². The lowest BCUT2D eigenvalue weighted by molar-refractivity contribution is -0.165. The summed E-state index contributed by atoms with van der Waals surface area (Å²) in [5.41, 5.74) is -0.830. The third-order valence-corrected chi connectivity index (χ3v) is 4.17. The van der Waals surface area contributed by atoms with Crippen molar-refractivity contribution in [2.45, 2.75) is 24.9 Å². The van der Waals surface area contributed by atoms with E-state index in [4.69, 9.17) is 4.74 Å². The molecule has 0 bridgehead atoms. The highest BCUT2D eigenvalue weighted by atomic mass is 32.2. The van der Waals surface area contributed by atoms with Gasteiger partial charge in [0.15, 0.2) is 5.60 Å². The maximum atomic E-state index is 11.2. The zero-order chi connectivity index (χ0) is 9.31. The van der Waals surface area contributed by atoms with Gasteiger partial charge in [0.2, 0.25) is 0 Å². The second kappa shape index (κ2) is 3.50. The Labute approximate surface area is 81.8 Å². The maximum Gasteiger partial charge on any atom is 0.336 e. The van der Waals surface area contributed by atoms with Crippen LogP contribution in [0, 0.1) is 5.92 Å². The van der Waals surface area contributed by atoms with Crippen LogP contribution in [0.3, 0.4) is 0 Å². The van der Waals surface area contributed by atoms with Gasteiger partial charge in [-0.1, -0.05) is 0 Å². The van der Waals surface area contributed by atoms with Crippen LogP contribution >= 0.6 is 11.8 Å². The average molecular weight is 202 g/mol. The van der Waals surface area contributed by atoms with Crippen molar-refractivity contribution < 1.29 is 14.6 Å². The molecule has 1 N–H and O–H groups in total. The summed E-state index contributed by atoms with van der Waals surface area (Å²) in [7, 11) is 0. The van der Waals surface area contributed by atoms with Crippen LogP contribution in [0.2, 0.25) is 0 Å². The van der Waals surface area contributed by atoms with E-state index in [2.05, 4.69) is 0 Å². The van der Waals surface area contributed by atoms with Crippen molar-refractivity contribution in [1.29, 1.82) is 0 Å². The Bertz CT molecular complexity index is 205. The second-order valence-corrected chi connectivity index (χ2v) is 4.86. The van der Waals surface area contributed by atoms with Gasteiger partial charge < -0.3 is 9.84 Å². The van der Waals surface area contributed by atoms with Gasteiger partial charge in [-0.15, -0.1) is 0 Å². The molecule has 2 heterocycles. The average Bonchev–Trinajstić information content (AvgIpc) is 2.75. The fraction of sp³-hybridized carbons (Fsp3) is 0.889. The van der Waals surface area contributed by atoms with Crippen LogP contribution < -0.4 is 0 Å². The molecule has 0 aliphatic carbocycles. The van der Waals surface area contributed by atoms with Crippen LogP contribution in [0.25, 0.3) is 0 Å². The third kappa shape index (κ3) is 1.46. The maximum absolute atomic E-state index is 11.2. The van der Waals surface area contributed by atoms with Gasteiger partial charge in [-0.3, -0.25) is 0 Å². The van der Waals surface area contributed by atoms with E-state index in [1.54, 1.807) is 0 Å². The molecule has 13 heavy (non-hydrogen) atoms. The molecule has 0 radical (unpaired) electrons. The molecule has 2 fully saturated rings. The molecule has 0 aromatic heterocycles. The zero-order valence-corrected chi connectivity index (χ0v) is 8.31. The molecule has 0 saturated carbocycles. The number of hydrogen-bond donors (Lipinski definition) is 1. The summed E-state index contributed by atoms with van der Waals surface area (Å²) < 4.78 is 5.47. The topological polar surface area (TPSA) is 46.5 Å². The Kier molecular flexibility index (Phi) is 2.51. The predicted molar refractivity (Wildman–Crippen MR) is 51.0 cm³/mol. The van der Waals surface area contributed by atoms with E-state index in [1.165, 1.54) is 0 Å². The Hall–Kier alpha value is -0.220. The second-order valence-electron chi connectivity index (χ2n) is 3.71. The molecule has 2 atom stereocenters. The monoisotopic (exact) mass is 202 g/mol. The highest BCUT2D eigenvalue weighted by molar-refractivity contribution is 7.99. The van der Waals surface area contributed by atoms with Crippen molar-refractivity contribution in [1.82, 2.24) is 0 Å². The zero-order valence-electron chi connectivity index (χ0n) is 7.49. The van der Waals surface area contributed by atoms with Gasteiger partial charge in [0, 0.05) is 12.5 Å². The fourth-order valence-corrected chi connectivity index (χ4v) is 3.57. The molecule has 0 aromatic carbocycles. The SMILES string of the molecule is O=C(O)C1(C2CCSC2)CCCO1. The summed E-state index contributed by atoms with van der Waals surface area (Å²) in [5.74, 6) is 1.52. The molecule has 2 saturated heterocycles. The first-order valence-electron chi connectivity index (χ1n) is 4.71. The summed E-state index contributed by atoms with van der Waals surface area (Å²) in [6.45, 7) is 0.619. The van der Waals surface area contributed by atoms with Crippen molar-refractivity contribution in [2.24, 2.45) is 5.92 Å². The van der Waals surface area contributed by atoms with Gasteiger partial charge in [-0.2, -0.15) is 11.8 Å². The minimum Gasteiger partial charge on any atom is -0.479 e. The van der Waals surface area contributed by atoms with Crippen LogP contribution in [0.1, 0.15) is 19.3 Å². The lowest BCUT2D eigenvalue weighted by Crippen LogP contribution is -2.45. The van der Waals surface area contributed by atoms with Crippen molar-refractivity contribution >= 4 is 17.7 Å². The summed E-state index contributed by atoms with van der Waals surface area (Å²) in [6, 6.07) is 0. The smallest absolute Gasteiger partial charge is 0.336 e. The number of hydrogen-bond acceptors (Lipinski definition) is 3. The fourth-order valence-electron chi connectivity index (χ4n) is 2.23. The Morgan fingerprint density at radius 3 is 2.92 bits per heavy atom. The highest BCUT2D eigenvalue weighted by Gasteiger charge is 2.50. The Morgan fingerprint density at radius 2 is 2.46 bits per heavy atom. The van der Waals surface area contributed by atoms with E-state index in [-0.39, 0.29) is 5.92 Å². The number of aliphatic carboxylic acids is 1. The Morgan fingerprint density at radius 1 is 1.62 bits per heavy atom. The molecule has 0 amide bonds. The summed E-state index contributed by atoms with van der Waals surface area (Å²) >= 11 is 1.84. The van der Waals surface area contributed by atoms with Crippen LogP contribution in [0.5, 0.6) is 0 Å². The first-order valence-corrected chi connectivity index (χ1v) is 5.86. The summed E-state index contributed by atoms with van der Waals surface area (Å²) in [5, 5.41) is 9.19. The summed E-state index contributed by atoms with van der Waals surface area (Å²) in [4.78, 5) is 11.2. The lowest BCUT2D eigenvalue weighted by atomic mass is 9.84. The molecule has 3 nitrogen and oxygen atoms in total. The quantitative estimate of drug-likeness (QED) is 0.734. The standard InChI is InChI=1S/C9H14O3S/c10-8(11)9(3-1-4-12-9)7-2-5-13-6-7/h7H,1-6H2,(H,10,11). The largest absolute Gasteiger partial charge is 0.479 e. The van der Waals surface area contributed by atoms with Crippen LogP contribution in [0.15, 0.2) is 0 Å². The molecule has 4 heteroatoms. The van der Waals surface area contributed by atoms with Gasteiger partial charge in [0.1, 0.15) is 0 Å². The molecule has 0 aromatic rings. The van der Waals surface area contributed by atoms with E-state index in [0.717, 1.165) is 24.3 Å². The van der Waals surface area contributed by atoms with E-state index in [1.807, 2.05) is 11.8 Å². The molecular weight excluding hydrogens is 188 g/mol. The van der Waals surface area contributed by atoms with E-state index in [0.29, 0.717) is 13.0 Å². The number of thioether (sulfide) groups is 1. The molecule has 0 spiro atoms. The van der Waals surface area contributed by atoms with Crippen LogP contribution in [-0.4, -0.2) is 34.8 Å². The van der Waals surface area contributed by atoms with Gasteiger partial charge in [-0.25, -0.2) is 4.79 Å². The van der Waals surface area contributed by atoms with Gasteiger partial charge in [-0.05, 0) is 30.8 Å². The third-order valence-electron chi connectivity index (χ3n) is 3.00. The van der Waals surface area contributed by atoms with E-state index in [9.17, 15) is 9.90 Å². The minimum absolute atomic E-state index is 0.234. The lowest BCUT2D eigenvalue weighted by Gasteiger charge is -2.29. The number of carbonyl (C=O) groups is 1. The first-order chi connectivity index (χ1) is 6.26. The number of ether oxygens (including phenoxy) is 1. The molecule has 2 unspecified atom stereocenters. The number of rotatable bonds is 2. The Balaban J connectivity index is 2.16. The van der Waals surface area contributed by atoms with Crippen molar-refractivity contribution in [2.75, 3.05) is 18.1 Å². The molecule has 2 aliphatic heterocycles. The molecule has 74 valence electrons. The minimum atomic E-state index is -0.830. The number of carboxylic acid groups (broad SMARTS) is 1. The highest BCUT2D eigenvalue weighted by Crippen LogP contribution is 2.41. The van der Waals surface area contributed by atoms with Crippen molar-refractivity contribution in [3.05, 3.63) is 0 Å².